The standard InChI is InChI=1S/C17H21NO/c19-16-9-8-13-5-1-2-7-15(13)17-11-4-3-6-14(17)10-12-18(16)17/h1-2,5,7,14H,3-4,6,8-12H2/t14-,17-/m0/s1. The number of carbonyl (C=O) groups excluding carboxylic acids is 1. The lowest BCUT2D eigenvalue weighted by atomic mass is 9.68. The highest BCUT2D eigenvalue weighted by Gasteiger charge is 2.53. The van der Waals surface area contributed by atoms with Crippen molar-refractivity contribution in [2.75, 3.05) is 6.54 Å². The lowest BCUT2D eigenvalue weighted by molar-refractivity contribution is -0.137. The van der Waals surface area contributed by atoms with Gasteiger partial charge in [0.1, 0.15) is 0 Å². The largest absolute Gasteiger partial charge is 0.333 e. The molecule has 1 aromatic rings. The molecule has 0 bridgehead atoms. The summed E-state index contributed by atoms with van der Waals surface area (Å²) in [4.78, 5) is 14.8. The maximum absolute atomic E-state index is 12.5. The van der Waals surface area contributed by atoms with E-state index in [0.29, 0.717) is 18.2 Å². The molecule has 2 aliphatic heterocycles. The number of rotatable bonds is 0. The fraction of sp³-hybridized carbons (Fsp3) is 0.588. The third-order valence-electron chi connectivity index (χ3n) is 5.61. The average molecular weight is 255 g/mol. The monoisotopic (exact) mass is 255 g/mol. The normalized spacial score (nSPS) is 33.4. The van der Waals surface area contributed by atoms with Gasteiger partial charge in [0.05, 0.1) is 5.54 Å². The number of hydrogen-bond acceptors (Lipinski definition) is 1. The zero-order valence-electron chi connectivity index (χ0n) is 11.4. The van der Waals surface area contributed by atoms with Crippen LogP contribution in [0.5, 0.6) is 0 Å². The number of benzene rings is 1. The molecule has 1 aliphatic carbocycles. The van der Waals surface area contributed by atoms with Crippen molar-refractivity contribution in [2.24, 2.45) is 5.92 Å². The number of carbonyl (C=O) groups is 1. The maximum atomic E-state index is 12.5. The van der Waals surface area contributed by atoms with Crippen LogP contribution in [0.4, 0.5) is 0 Å². The highest BCUT2D eigenvalue weighted by atomic mass is 16.2. The number of aryl methyl sites for hydroxylation is 1. The van der Waals surface area contributed by atoms with Gasteiger partial charge in [0.15, 0.2) is 0 Å². The van der Waals surface area contributed by atoms with E-state index in [1.165, 1.54) is 43.2 Å². The molecule has 2 heteroatoms. The van der Waals surface area contributed by atoms with Crippen LogP contribution in [0.25, 0.3) is 0 Å². The summed E-state index contributed by atoms with van der Waals surface area (Å²) in [7, 11) is 0. The van der Waals surface area contributed by atoms with Crippen LogP contribution >= 0.6 is 0 Å². The van der Waals surface area contributed by atoms with Gasteiger partial charge in [0.25, 0.3) is 0 Å². The molecule has 1 saturated carbocycles. The van der Waals surface area contributed by atoms with Crippen molar-refractivity contribution in [1.29, 1.82) is 0 Å². The van der Waals surface area contributed by atoms with Crippen molar-refractivity contribution >= 4 is 5.91 Å². The Labute approximate surface area is 114 Å². The summed E-state index contributed by atoms with van der Waals surface area (Å²) in [5.41, 5.74) is 2.96. The van der Waals surface area contributed by atoms with Crippen molar-refractivity contribution in [1.82, 2.24) is 4.90 Å². The Bertz CT molecular complexity index is 524. The Morgan fingerprint density at radius 1 is 1.11 bits per heavy atom. The number of amides is 1. The van der Waals surface area contributed by atoms with E-state index < -0.39 is 0 Å². The molecule has 0 radical (unpaired) electrons. The Morgan fingerprint density at radius 3 is 2.95 bits per heavy atom. The number of nitrogens with zero attached hydrogens (tertiary/aromatic N) is 1. The Kier molecular flexibility index (Phi) is 2.48. The highest BCUT2D eigenvalue weighted by Crippen LogP contribution is 2.54. The molecule has 100 valence electrons. The second-order valence-corrected chi connectivity index (χ2v) is 6.36. The Hall–Kier alpha value is -1.31. The topological polar surface area (TPSA) is 20.3 Å². The molecule has 2 nitrogen and oxygen atoms in total. The first-order chi connectivity index (χ1) is 9.32. The molecule has 0 N–H and O–H groups in total. The van der Waals surface area contributed by atoms with Gasteiger partial charge in [0, 0.05) is 13.0 Å². The van der Waals surface area contributed by atoms with Crippen molar-refractivity contribution in [3.05, 3.63) is 35.4 Å². The van der Waals surface area contributed by atoms with Crippen molar-refractivity contribution in [3.63, 3.8) is 0 Å². The van der Waals surface area contributed by atoms with E-state index >= 15 is 0 Å². The van der Waals surface area contributed by atoms with Gasteiger partial charge in [-0.05, 0) is 42.7 Å². The fourth-order valence-corrected chi connectivity index (χ4v) is 4.84. The maximum Gasteiger partial charge on any atom is 0.223 e. The van der Waals surface area contributed by atoms with Crippen LogP contribution in [0.3, 0.4) is 0 Å². The zero-order chi connectivity index (χ0) is 12.9. The second-order valence-electron chi connectivity index (χ2n) is 6.36. The SMILES string of the molecule is O=C1CCc2ccccc2[C@]23CCCC[C@H]2CCN13. The summed E-state index contributed by atoms with van der Waals surface area (Å²) in [5, 5.41) is 0. The van der Waals surface area contributed by atoms with Crippen LogP contribution in [-0.4, -0.2) is 17.4 Å². The van der Waals surface area contributed by atoms with Gasteiger partial charge < -0.3 is 4.90 Å². The van der Waals surface area contributed by atoms with E-state index in [9.17, 15) is 4.79 Å². The highest BCUT2D eigenvalue weighted by molar-refractivity contribution is 5.79. The molecule has 19 heavy (non-hydrogen) atoms. The van der Waals surface area contributed by atoms with Gasteiger partial charge >= 0.3 is 0 Å². The third-order valence-corrected chi connectivity index (χ3v) is 5.61. The van der Waals surface area contributed by atoms with E-state index in [4.69, 9.17) is 0 Å². The molecule has 1 saturated heterocycles. The molecule has 1 amide bonds. The molecule has 3 aliphatic rings. The second kappa shape index (κ2) is 4.09. The molecule has 1 aromatic carbocycles. The lowest BCUT2D eigenvalue weighted by Crippen LogP contribution is -2.48. The molecule has 1 spiro atoms. The lowest BCUT2D eigenvalue weighted by Gasteiger charge is -2.45. The van der Waals surface area contributed by atoms with E-state index in [0.717, 1.165) is 13.0 Å². The van der Waals surface area contributed by atoms with Crippen molar-refractivity contribution < 1.29 is 4.79 Å². The summed E-state index contributed by atoms with van der Waals surface area (Å²) >= 11 is 0. The van der Waals surface area contributed by atoms with E-state index in [2.05, 4.69) is 29.2 Å². The molecule has 4 rings (SSSR count). The van der Waals surface area contributed by atoms with Gasteiger partial charge in [-0.25, -0.2) is 0 Å². The van der Waals surface area contributed by atoms with E-state index in [-0.39, 0.29) is 5.54 Å². The van der Waals surface area contributed by atoms with Gasteiger partial charge in [-0.15, -0.1) is 0 Å². The van der Waals surface area contributed by atoms with Crippen LogP contribution in [0.1, 0.15) is 49.7 Å². The van der Waals surface area contributed by atoms with Gasteiger partial charge in [0.2, 0.25) is 5.91 Å². The third kappa shape index (κ3) is 1.46. The first-order valence-electron chi connectivity index (χ1n) is 7.71. The molecular weight excluding hydrogens is 234 g/mol. The summed E-state index contributed by atoms with van der Waals surface area (Å²) in [6.07, 6.45) is 7.94. The van der Waals surface area contributed by atoms with Crippen LogP contribution in [0.15, 0.2) is 24.3 Å². The van der Waals surface area contributed by atoms with Crippen LogP contribution in [0, 0.1) is 5.92 Å². The van der Waals surface area contributed by atoms with Crippen LogP contribution in [-0.2, 0) is 16.8 Å². The molecule has 0 aromatic heterocycles. The van der Waals surface area contributed by atoms with Crippen LogP contribution in [0.2, 0.25) is 0 Å². The Morgan fingerprint density at radius 2 is 2.00 bits per heavy atom. The molecule has 2 atom stereocenters. The minimum Gasteiger partial charge on any atom is -0.333 e. The van der Waals surface area contributed by atoms with Crippen molar-refractivity contribution in [2.45, 2.75) is 50.5 Å². The fourth-order valence-electron chi connectivity index (χ4n) is 4.84. The number of hydrogen-bond donors (Lipinski definition) is 0. The van der Waals surface area contributed by atoms with Gasteiger partial charge in [-0.1, -0.05) is 37.1 Å². The first-order valence-corrected chi connectivity index (χ1v) is 7.71. The first kappa shape index (κ1) is 11.5. The summed E-state index contributed by atoms with van der Waals surface area (Å²) in [5.74, 6) is 1.09. The molecule has 0 unspecified atom stereocenters. The van der Waals surface area contributed by atoms with Gasteiger partial charge in [-0.3, -0.25) is 4.79 Å². The predicted octanol–water partition coefficient (Wildman–Crippen LogP) is 3.25. The summed E-state index contributed by atoms with van der Waals surface area (Å²) < 4.78 is 0. The minimum atomic E-state index is 0.0580. The zero-order valence-corrected chi connectivity index (χ0v) is 11.4. The van der Waals surface area contributed by atoms with E-state index in [1.54, 1.807) is 0 Å². The van der Waals surface area contributed by atoms with Gasteiger partial charge in [-0.2, -0.15) is 0 Å². The van der Waals surface area contributed by atoms with Crippen molar-refractivity contribution in [3.8, 4) is 0 Å². The number of fused-ring (bicyclic) bond motifs is 1. The molecule has 2 fully saturated rings. The summed E-state index contributed by atoms with van der Waals surface area (Å²) in [6.45, 7) is 0.984. The Balaban J connectivity index is 1.94. The molecular formula is C17H21NO. The average Bonchev–Trinajstić information content (AvgIpc) is 2.80. The van der Waals surface area contributed by atoms with E-state index in [1.807, 2.05) is 0 Å². The van der Waals surface area contributed by atoms with Crippen LogP contribution < -0.4 is 0 Å². The smallest absolute Gasteiger partial charge is 0.223 e. The quantitative estimate of drug-likeness (QED) is 0.697. The minimum absolute atomic E-state index is 0.0580. The predicted molar refractivity (Wildman–Crippen MR) is 74.7 cm³/mol. The molecule has 2 heterocycles. The summed E-state index contributed by atoms with van der Waals surface area (Å²) in [6, 6.07) is 8.82.